The second kappa shape index (κ2) is 4.19. The summed E-state index contributed by atoms with van der Waals surface area (Å²) in [6.07, 6.45) is -0.497. The van der Waals surface area contributed by atoms with Gasteiger partial charge in [-0.25, -0.2) is 0 Å². The van der Waals surface area contributed by atoms with E-state index in [1.165, 1.54) is 11.8 Å². The van der Waals surface area contributed by atoms with Crippen LogP contribution in [-0.4, -0.2) is 29.8 Å². The van der Waals surface area contributed by atoms with Crippen molar-refractivity contribution >= 4 is 23.3 Å². The molecule has 2 rings (SSSR count). The number of carbonyl (C=O) groups is 3. The number of hydrogen-bond donors (Lipinski definition) is 1. The lowest BCUT2D eigenvalue weighted by molar-refractivity contribution is -0.142. The molecule has 1 atom stereocenters. The first kappa shape index (κ1) is 13.3. The highest BCUT2D eigenvalue weighted by Gasteiger charge is 2.50. The van der Waals surface area contributed by atoms with Crippen LogP contribution in [0, 0.1) is 12.3 Å². The van der Waals surface area contributed by atoms with Crippen LogP contribution in [0.2, 0.25) is 0 Å². The summed E-state index contributed by atoms with van der Waals surface area (Å²) in [5, 5.41) is 8.95. The van der Waals surface area contributed by atoms with E-state index in [2.05, 4.69) is 0 Å². The van der Waals surface area contributed by atoms with Crippen molar-refractivity contribution in [3.8, 4) is 0 Å². The molecule has 0 saturated heterocycles. The second-order valence-electron chi connectivity index (χ2n) is 5.06. The quantitative estimate of drug-likeness (QED) is 0.821. The van der Waals surface area contributed by atoms with Gasteiger partial charge in [-0.1, -0.05) is 12.1 Å². The van der Waals surface area contributed by atoms with Crippen molar-refractivity contribution in [1.82, 2.24) is 0 Å². The number of amides is 1. The molecular weight excluding hydrogens is 246 g/mol. The zero-order valence-corrected chi connectivity index (χ0v) is 11.1. The minimum atomic E-state index is -1.53. The average Bonchev–Trinajstić information content (AvgIpc) is 2.33. The van der Waals surface area contributed by atoms with Crippen molar-refractivity contribution in [2.45, 2.75) is 20.3 Å². The third kappa shape index (κ3) is 1.82. The van der Waals surface area contributed by atoms with Crippen molar-refractivity contribution in [3.63, 3.8) is 0 Å². The summed E-state index contributed by atoms with van der Waals surface area (Å²) in [5.41, 5.74) is 0.198. The topological polar surface area (TPSA) is 74.7 Å². The summed E-state index contributed by atoms with van der Waals surface area (Å²) in [6, 6.07) is 5.24. The van der Waals surface area contributed by atoms with Crippen LogP contribution in [0.1, 0.15) is 29.3 Å². The Bertz CT molecular complexity index is 593. The Hall–Kier alpha value is -2.17. The highest BCUT2D eigenvalue weighted by molar-refractivity contribution is 6.25. The molecular formula is C14H15NO4. The summed E-state index contributed by atoms with van der Waals surface area (Å²) >= 11 is 0. The number of rotatable bonds is 2. The lowest BCUT2D eigenvalue weighted by Crippen LogP contribution is -2.51. The van der Waals surface area contributed by atoms with Crippen molar-refractivity contribution in [1.29, 1.82) is 0 Å². The number of carboxylic acids is 1. The maximum absolute atomic E-state index is 12.5. The molecule has 1 aromatic carbocycles. The lowest BCUT2D eigenvalue weighted by Gasteiger charge is -2.37. The van der Waals surface area contributed by atoms with Gasteiger partial charge in [0.25, 0.3) is 0 Å². The molecule has 0 spiro atoms. The Morgan fingerprint density at radius 2 is 2.00 bits per heavy atom. The first-order valence-electron chi connectivity index (χ1n) is 5.93. The zero-order valence-electron chi connectivity index (χ0n) is 11.1. The number of carboxylic acid groups (broad SMARTS) is 1. The van der Waals surface area contributed by atoms with Crippen molar-refractivity contribution in [3.05, 3.63) is 29.3 Å². The molecule has 1 aliphatic rings. The number of carbonyl (C=O) groups excluding carboxylic acids is 2. The standard InChI is InChI=1S/C14H15NO4/c1-8-5-4-6-9-11(8)12(18)14(2,7-10(16)17)13(19)15(9)3/h4-6H,7H2,1-3H3,(H,16,17). The number of Topliss-reactive ketones (excluding diaryl/α,β-unsaturated/α-hetero) is 1. The molecule has 1 amide bonds. The molecule has 0 radical (unpaired) electrons. The molecule has 0 aromatic heterocycles. The Balaban J connectivity index is 2.66. The first-order chi connectivity index (χ1) is 8.79. The maximum atomic E-state index is 12.5. The second-order valence-corrected chi connectivity index (χ2v) is 5.06. The third-order valence-corrected chi connectivity index (χ3v) is 3.62. The van der Waals surface area contributed by atoms with E-state index < -0.39 is 29.5 Å². The van der Waals surface area contributed by atoms with Gasteiger partial charge in [0.05, 0.1) is 12.1 Å². The molecule has 0 bridgehead atoms. The SMILES string of the molecule is Cc1cccc2c1C(=O)C(C)(CC(=O)O)C(=O)N2C. The molecule has 1 aromatic rings. The summed E-state index contributed by atoms with van der Waals surface area (Å²) in [6.45, 7) is 3.18. The highest BCUT2D eigenvalue weighted by Crippen LogP contribution is 2.40. The Morgan fingerprint density at radius 1 is 1.37 bits per heavy atom. The normalized spacial score (nSPS) is 22.4. The molecule has 0 fully saturated rings. The Kier molecular flexibility index (Phi) is 2.92. The summed E-state index contributed by atoms with van der Waals surface area (Å²) in [5.74, 6) is -2.04. The molecule has 5 nitrogen and oxygen atoms in total. The van der Waals surface area contributed by atoms with Crippen molar-refractivity contribution < 1.29 is 19.5 Å². The largest absolute Gasteiger partial charge is 0.481 e. The Morgan fingerprint density at radius 3 is 2.58 bits per heavy atom. The van der Waals surface area contributed by atoms with Gasteiger partial charge in [-0.15, -0.1) is 0 Å². The number of benzene rings is 1. The molecule has 1 N–H and O–H groups in total. The molecule has 0 saturated carbocycles. The van der Waals surface area contributed by atoms with Gasteiger partial charge < -0.3 is 10.0 Å². The van der Waals surface area contributed by atoms with E-state index >= 15 is 0 Å². The van der Waals surface area contributed by atoms with Gasteiger partial charge in [0.1, 0.15) is 5.41 Å². The van der Waals surface area contributed by atoms with Gasteiger partial charge in [-0.3, -0.25) is 14.4 Å². The number of nitrogens with zero attached hydrogens (tertiary/aromatic N) is 1. The molecule has 0 aliphatic carbocycles. The number of ketones is 1. The van der Waals surface area contributed by atoms with E-state index in [-0.39, 0.29) is 0 Å². The van der Waals surface area contributed by atoms with E-state index in [1.54, 1.807) is 32.2 Å². The van der Waals surface area contributed by atoms with Crippen LogP contribution in [0.3, 0.4) is 0 Å². The number of aliphatic carboxylic acids is 1. The van der Waals surface area contributed by atoms with E-state index in [1.807, 2.05) is 0 Å². The van der Waals surface area contributed by atoms with Gasteiger partial charge in [-0.2, -0.15) is 0 Å². The Labute approximate surface area is 110 Å². The lowest BCUT2D eigenvalue weighted by atomic mass is 9.74. The van der Waals surface area contributed by atoms with E-state index in [9.17, 15) is 14.4 Å². The maximum Gasteiger partial charge on any atom is 0.304 e. The van der Waals surface area contributed by atoms with Crippen LogP contribution in [0.15, 0.2) is 18.2 Å². The summed E-state index contributed by atoms with van der Waals surface area (Å²) in [4.78, 5) is 37.2. The summed E-state index contributed by atoms with van der Waals surface area (Å²) < 4.78 is 0. The average molecular weight is 261 g/mol. The molecule has 19 heavy (non-hydrogen) atoms. The van der Waals surface area contributed by atoms with Gasteiger partial charge in [0.2, 0.25) is 5.91 Å². The smallest absolute Gasteiger partial charge is 0.304 e. The fourth-order valence-corrected chi connectivity index (χ4v) is 2.54. The van der Waals surface area contributed by atoms with E-state index in [4.69, 9.17) is 5.11 Å². The van der Waals surface area contributed by atoms with Gasteiger partial charge in [-0.05, 0) is 25.5 Å². The number of fused-ring (bicyclic) bond motifs is 1. The van der Waals surface area contributed by atoms with E-state index in [0.717, 1.165) is 5.56 Å². The zero-order chi connectivity index (χ0) is 14.4. The predicted octanol–water partition coefficient (Wildman–Crippen LogP) is 1.64. The van der Waals surface area contributed by atoms with Gasteiger partial charge >= 0.3 is 5.97 Å². The number of anilines is 1. The van der Waals surface area contributed by atoms with Crippen molar-refractivity contribution in [2.24, 2.45) is 5.41 Å². The molecule has 100 valence electrons. The van der Waals surface area contributed by atoms with Crippen LogP contribution in [0.25, 0.3) is 0 Å². The van der Waals surface area contributed by atoms with Gasteiger partial charge in [0, 0.05) is 12.6 Å². The minimum absolute atomic E-state index is 0.411. The summed E-state index contributed by atoms with van der Waals surface area (Å²) in [7, 11) is 1.56. The van der Waals surface area contributed by atoms with Gasteiger partial charge in [0.15, 0.2) is 5.78 Å². The number of aryl methyl sites for hydroxylation is 1. The highest BCUT2D eigenvalue weighted by atomic mass is 16.4. The first-order valence-corrected chi connectivity index (χ1v) is 5.93. The van der Waals surface area contributed by atoms with E-state index in [0.29, 0.717) is 11.3 Å². The number of hydrogen-bond acceptors (Lipinski definition) is 3. The van der Waals surface area contributed by atoms with Crippen LogP contribution in [0.4, 0.5) is 5.69 Å². The van der Waals surface area contributed by atoms with Crippen LogP contribution in [0.5, 0.6) is 0 Å². The van der Waals surface area contributed by atoms with Crippen molar-refractivity contribution in [2.75, 3.05) is 11.9 Å². The molecule has 1 aliphatic heterocycles. The predicted molar refractivity (Wildman–Crippen MR) is 69.3 cm³/mol. The van der Waals surface area contributed by atoms with Crippen LogP contribution in [-0.2, 0) is 9.59 Å². The monoisotopic (exact) mass is 261 g/mol. The molecule has 5 heteroatoms. The fraction of sp³-hybridized carbons (Fsp3) is 0.357. The molecule has 1 heterocycles. The fourth-order valence-electron chi connectivity index (χ4n) is 2.54. The van der Waals surface area contributed by atoms with Crippen LogP contribution >= 0.6 is 0 Å². The third-order valence-electron chi connectivity index (χ3n) is 3.62. The molecule has 1 unspecified atom stereocenters. The minimum Gasteiger partial charge on any atom is -0.481 e. The van der Waals surface area contributed by atoms with Crippen LogP contribution < -0.4 is 4.90 Å².